The highest BCUT2D eigenvalue weighted by molar-refractivity contribution is 5.95. The van der Waals surface area contributed by atoms with Gasteiger partial charge < -0.3 is 4.90 Å². The number of amides is 1. The molecular weight excluding hydrogens is 530 g/mol. The summed E-state index contributed by atoms with van der Waals surface area (Å²) in [6.45, 7) is 5.88. The van der Waals surface area contributed by atoms with Crippen molar-refractivity contribution >= 4 is 5.91 Å². The molecule has 0 aliphatic carbocycles. The van der Waals surface area contributed by atoms with Crippen LogP contribution in [0, 0.1) is 13.8 Å². The Morgan fingerprint density at radius 3 is 2.05 bits per heavy atom. The van der Waals surface area contributed by atoms with Crippen molar-refractivity contribution in [3.05, 3.63) is 106 Å². The molecule has 0 bridgehead atoms. The zero-order valence-corrected chi connectivity index (χ0v) is 22.4. The summed E-state index contributed by atoms with van der Waals surface area (Å²) >= 11 is 0. The lowest BCUT2D eigenvalue weighted by Crippen LogP contribution is -2.56. The Bertz CT molecular complexity index is 1290. The van der Waals surface area contributed by atoms with Gasteiger partial charge in [-0.1, -0.05) is 48.5 Å². The van der Waals surface area contributed by atoms with E-state index in [-0.39, 0.29) is 12.6 Å². The normalized spacial score (nSPS) is 16.8. The van der Waals surface area contributed by atoms with E-state index in [1.54, 1.807) is 0 Å². The molecule has 214 valence electrons. The number of nitrogens with zero attached hydrogens (tertiary/aromatic N) is 2. The summed E-state index contributed by atoms with van der Waals surface area (Å²) in [5.74, 6) is -0.825. The smallest absolute Gasteiger partial charge is 0.333 e. The maximum Gasteiger partial charge on any atom is 0.416 e. The Balaban J connectivity index is 1.59. The van der Waals surface area contributed by atoms with Gasteiger partial charge in [0, 0.05) is 31.2 Å². The van der Waals surface area contributed by atoms with Crippen LogP contribution < -0.4 is 0 Å². The van der Waals surface area contributed by atoms with Crippen LogP contribution in [-0.2, 0) is 25.2 Å². The number of carbonyl (C=O) groups is 1. The molecule has 1 aliphatic heterocycles. The first-order valence-corrected chi connectivity index (χ1v) is 13.2. The average Bonchev–Trinajstić information content (AvgIpc) is 2.90. The summed E-state index contributed by atoms with van der Waals surface area (Å²) in [5, 5.41) is 0. The number of carbonyl (C=O) groups excluding carboxylic acids is 1. The molecular formula is C31H32F6N2O. The summed E-state index contributed by atoms with van der Waals surface area (Å²) < 4.78 is 80.8. The molecule has 1 fully saturated rings. The number of halogens is 6. The first-order valence-electron chi connectivity index (χ1n) is 13.2. The largest absolute Gasteiger partial charge is 0.416 e. The third-order valence-corrected chi connectivity index (χ3v) is 7.49. The quantitative estimate of drug-likeness (QED) is 0.281. The van der Waals surface area contributed by atoms with Crippen LogP contribution in [0.3, 0.4) is 0 Å². The number of aryl methyl sites for hydroxylation is 3. The molecule has 4 rings (SSSR count). The van der Waals surface area contributed by atoms with Crippen molar-refractivity contribution in [2.45, 2.75) is 51.5 Å². The molecule has 0 aromatic heterocycles. The van der Waals surface area contributed by atoms with E-state index in [0.717, 1.165) is 36.1 Å². The van der Waals surface area contributed by atoms with Crippen molar-refractivity contribution in [3.63, 3.8) is 0 Å². The molecule has 3 aromatic rings. The number of alkyl halides is 6. The Hall–Kier alpha value is -3.33. The van der Waals surface area contributed by atoms with Crippen LogP contribution in [0.15, 0.2) is 66.7 Å². The van der Waals surface area contributed by atoms with Gasteiger partial charge in [-0.15, -0.1) is 0 Å². The average molecular weight is 563 g/mol. The maximum absolute atomic E-state index is 13.6. The van der Waals surface area contributed by atoms with Crippen LogP contribution in [0.25, 0.3) is 0 Å². The summed E-state index contributed by atoms with van der Waals surface area (Å²) in [5.41, 5.74) is 0.756. The van der Waals surface area contributed by atoms with E-state index in [4.69, 9.17) is 0 Å². The van der Waals surface area contributed by atoms with Gasteiger partial charge in [0.1, 0.15) is 0 Å². The summed E-state index contributed by atoms with van der Waals surface area (Å²) in [4.78, 5) is 17.2. The molecule has 3 aromatic carbocycles. The van der Waals surface area contributed by atoms with Gasteiger partial charge in [0.25, 0.3) is 5.91 Å². The monoisotopic (exact) mass is 562 g/mol. The number of benzene rings is 3. The number of hydrogen-bond donors (Lipinski definition) is 0. The second-order valence-electron chi connectivity index (χ2n) is 10.5. The zero-order chi connectivity index (χ0) is 29.1. The third-order valence-electron chi connectivity index (χ3n) is 7.49. The maximum atomic E-state index is 13.6. The van der Waals surface area contributed by atoms with Gasteiger partial charge in [0.05, 0.1) is 11.1 Å². The molecule has 1 saturated heterocycles. The predicted octanol–water partition coefficient (Wildman–Crippen LogP) is 7.34. The van der Waals surface area contributed by atoms with Gasteiger partial charge in [-0.2, -0.15) is 26.3 Å². The Morgan fingerprint density at radius 1 is 0.800 bits per heavy atom. The second-order valence-corrected chi connectivity index (χ2v) is 10.5. The molecule has 40 heavy (non-hydrogen) atoms. The van der Waals surface area contributed by atoms with Crippen molar-refractivity contribution in [2.24, 2.45) is 0 Å². The fraction of sp³-hybridized carbons (Fsp3) is 0.387. The van der Waals surface area contributed by atoms with Gasteiger partial charge in [0.15, 0.2) is 0 Å². The standard InChI is InChI=1S/C31H32F6N2O/c1-21-10-11-24(15-22(21)2)16-28-20-38(12-6-9-23-7-4-3-5-8-23)13-14-39(28)29(40)25-17-26(30(32,33)34)19-27(18-25)31(35,36)37/h3-5,7-8,10-11,15,17-19,28H,6,9,12-14,16,20H2,1-2H3/t28-/m1/s1. The molecule has 1 heterocycles. The van der Waals surface area contributed by atoms with Crippen molar-refractivity contribution in [1.82, 2.24) is 9.80 Å². The van der Waals surface area contributed by atoms with E-state index < -0.39 is 41.0 Å². The molecule has 1 amide bonds. The molecule has 9 heteroatoms. The SMILES string of the molecule is Cc1ccc(C[C@@H]2CN(CCCc3ccccc3)CCN2C(=O)c2cc(C(F)(F)F)cc(C(F)(F)F)c2)cc1C. The first-order chi connectivity index (χ1) is 18.8. The zero-order valence-electron chi connectivity index (χ0n) is 22.4. The van der Waals surface area contributed by atoms with Crippen molar-refractivity contribution in [2.75, 3.05) is 26.2 Å². The van der Waals surface area contributed by atoms with E-state index >= 15 is 0 Å². The van der Waals surface area contributed by atoms with Crippen LogP contribution in [0.5, 0.6) is 0 Å². The van der Waals surface area contributed by atoms with Crippen LogP contribution in [0.4, 0.5) is 26.3 Å². The number of piperazine rings is 1. The lowest BCUT2D eigenvalue weighted by atomic mass is 9.97. The van der Waals surface area contributed by atoms with Crippen molar-refractivity contribution < 1.29 is 31.1 Å². The first kappa shape index (κ1) is 29.6. The molecule has 1 aliphatic rings. The van der Waals surface area contributed by atoms with Crippen LogP contribution in [0.2, 0.25) is 0 Å². The fourth-order valence-corrected chi connectivity index (χ4v) is 5.16. The highest BCUT2D eigenvalue weighted by Gasteiger charge is 2.39. The minimum atomic E-state index is -5.02. The van der Waals surface area contributed by atoms with Crippen LogP contribution in [0.1, 0.15) is 50.2 Å². The van der Waals surface area contributed by atoms with Crippen LogP contribution in [-0.4, -0.2) is 47.9 Å². The topological polar surface area (TPSA) is 23.6 Å². The van der Waals surface area contributed by atoms with E-state index in [0.29, 0.717) is 31.6 Å². The molecule has 0 saturated carbocycles. The van der Waals surface area contributed by atoms with E-state index in [9.17, 15) is 31.1 Å². The second kappa shape index (κ2) is 12.0. The Morgan fingerprint density at radius 2 is 1.45 bits per heavy atom. The summed E-state index contributed by atoms with van der Waals surface area (Å²) in [6, 6.07) is 16.7. The lowest BCUT2D eigenvalue weighted by molar-refractivity contribution is -0.143. The highest BCUT2D eigenvalue weighted by Crippen LogP contribution is 2.37. The molecule has 1 atom stereocenters. The Kier molecular flexibility index (Phi) is 8.93. The molecule has 0 unspecified atom stereocenters. The van der Waals surface area contributed by atoms with Gasteiger partial charge in [0.2, 0.25) is 0 Å². The lowest BCUT2D eigenvalue weighted by Gasteiger charge is -2.42. The van der Waals surface area contributed by atoms with Gasteiger partial charge in [-0.05, 0) is 80.1 Å². The molecule has 0 spiro atoms. The van der Waals surface area contributed by atoms with Crippen molar-refractivity contribution in [3.8, 4) is 0 Å². The molecule has 0 N–H and O–H groups in total. The number of rotatable bonds is 7. The number of hydrogen-bond acceptors (Lipinski definition) is 2. The Labute approximate surface area is 230 Å². The van der Waals surface area contributed by atoms with E-state index in [2.05, 4.69) is 17.0 Å². The molecule has 0 radical (unpaired) electrons. The van der Waals surface area contributed by atoms with Gasteiger partial charge >= 0.3 is 12.4 Å². The van der Waals surface area contributed by atoms with E-state index in [1.807, 2.05) is 50.2 Å². The van der Waals surface area contributed by atoms with Crippen LogP contribution >= 0.6 is 0 Å². The minimum Gasteiger partial charge on any atom is -0.333 e. The highest BCUT2D eigenvalue weighted by atomic mass is 19.4. The van der Waals surface area contributed by atoms with E-state index in [1.165, 1.54) is 10.5 Å². The van der Waals surface area contributed by atoms with Crippen molar-refractivity contribution in [1.29, 1.82) is 0 Å². The van der Waals surface area contributed by atoms with Gasteiger partial charge in [-0.25, -0.2) is 0 Å². The fourth-order valence-electron chi connectivity index (χ4n) is 5.16. The predicted molar refractivity (Wildman–Crippen MR) is 142 cm³/mol. The molecule has 3 nitrogen and oxygen atoms in total. The summed E-state index contributed by atoms with van der Waals surface area (Å²) in [7, 11) is 0. The third kappa shape index (κ3) is 7.44. The minimum absolute atomic E-state index is 0.0496. The van der Waals surface area contributed by atoms with Gasteiger partial charge in [-0.3, -0.25) is 9.69 Å². The summed E-state index contributed by atoms with van der Waals surface area (Å²) in [6.07, 6.45) is -7.84.